The lowest BCUT2D eigenvalue weighted by molar-refractivity contribution is 0.171. The standard InChI is InChI=1S/C18H18ClNO4S/c19-14-4-1-2-6-18(14)25(21,22)20-9-3-5-15(20)13-7-8-16-17(12-13)24-11-10-23-16/h1-2,4,6-8,12,15H,3,5,9-11H2. The van der Waals surface area contributed by atoms with Gasteiger partial charge in [0.2, 0.25) is 10.0 Å². The fraction of sp³-hybridized carbons (Fsp3) is 0.333. The molecule has 2 aromatic carbocycles. The Labute approximate surface area is 152 Å². The topological polar surface area (TPSA) is 55.8 Å². The SMILES string of the molecule is O=S(=O)(c1ccccc1Cl)N1CCCC1c1ccc2c(c1)OCCO2. The van der Waals surface area contributed by atoms with Gasteiger partial charge in [0.1, 0.15) is 18.1 Å². The van der Waals surface area contributed by atoms with Gasteiger partial charge >= 0.3 is 0 Å². The molecule has 1 unspecified atom stereocenters. The van der Waals surface area contributed by atoms with Gasteiger partial charge < -0.3 is 9.47 Å². The first kappa shape index (κ1) is 16.7. The minimum Gasteiger partial charge on any atom is -0.486 e. The first-order valence-electron chi connectivity index (χ1n) is 8.23. The van der Waals surface area contributed by atoms with E-state index in [1.54, 1.807) is 28.6 Å². The van der Waals surface area contributed by atoms with Crippen LogP contribution in [0.15, 0.2) is 47.4 Å². The molecule has 2 aliphatic rings. The fourth-order valence-electron chi connectivity index (χ4n) is 3.41. The molecule has 25 heavy (non-hydrogen) atoms. The van der Waals surface area contributed by atoms with Crippen LogP contribution < -0.4 is 9.47 Å². The zero-order chi connectivity index (χ0) is 17.4. The van der Waals surface area contributed by atoms with Gasteiger partial charge in [-0.15, -0.1) is 0 Å². The number of rotatable bonds is 3. The molecule has 0 saturated carbocycles. The summed E-state index contributed by atoms with van der Waals surface area (Å²) in [4.78, 5) is 0.154. The Morgan fingerprint density at radius 1 is 1.04 bits per heavy atom. The van der Waals surface area contributed by atoms with Crippen LogP contribution in [0.5, 0.6) is 11.5 Å². The van der Waals surface area contributed by atoms with Crippen LogP contribution in [0.3, 0.4) is 0 Å². The van der Waals surface area contributed by atoms with Gasteiger partial charge in [0.15, 0.2) is 11.5 Å². The molecule has 1 fully saturated rings. The maximum absolute atomic E-state index is 13.1. The molecule has 0 amide bonds. The van der Waals surface area contributed by atoms with Gasteiger partial charge in [-0.1, -0.05) is 29.8 Å². The Balaban J connectivity index is 1.70. The molecule has 0 radical (unpaired) electrons. The molecule has 0 N–H and O–H groups in total. The van der Waals surface area contributed by atoms with Crippen molar-refractivity contribution < 1.29 is 17.9 Å². The van der Waals surface area contributed by atoms with Crippen molar-refractivity contribution in [2.45, 2.75) is 23.8 Å². The molecule has 1 atom stereocenters. The van der Waals surface area contributed by atoms with E-state index in [9.17, 15) is 8.42 Å². The normalized spacial score (nSPS) is 20.6. The second-order valence-electron chi connectivity index (χ2n) is 6.11. The lowest BCUT2D eigenvalue weighted by Gasteiger charge is -2.26. The molecule has 7 heteroatoms. The van der Waals surface area contributed by atoms with E-state index < -0.39 is 10.0 Å². The summed E-state index contributed by atoms with van der Waals surface area (Å²) in [7, 11) is -3.66. The number of halogens is 1. The monoisotopic (exact) mass is 379 g/mol. The number of hydrogen-bond donors (Lipinski definition) is 0. The van der Waals surface area contributed by atoms with Crippen LogP contribution in [0, 0.1) is 0 Å². The zero-order valence-electron chi connectivity index (χ0n) is 13.5. The Morgan fingerprint density at radius 2 is 1.80 bits per heavy atom. The Hall–Kier alpha value is -1.76. The summed E-state index contributed by atoms with van der Waals surface area (Å²) in [5.74, 6) is 1.37. The van der Waals surface area contributed by atoms with Gasteiger partial charge in [-0.3, -0.25) is 0 Å². The van der Waals surface area contributed by atoms with E-state index in [0.717, 1.165) is 18.4 Å². The van der Waals surface area contributed by atoms with Crippen molar-refractivity contribution in [1.82, 2.24) is 4.31 Å². The number of sulfonamides is 1. The molecule has 0 aliphatic carbocycles. The maximum Gasteiger partial charge on any atom is 0.245 e. The molecular formula is C18H18ClNO4S. The number of nitrogens with zero attached hydrogens (tertiary/aromatic N) is 1. The summed E-state index contributed by atoms with van der Waals surface area (Å²) >= 11 is 6.13. The number of ether oxygens (including phenoxy) is 2. The number of fused-ring (bicyclic) bond motifs is 1. The minimum atomic E-state index is -3.66. The summed E-state index contributed by atoms with van der Waals surface area (Å²) in [5.41, 5.74) is 0.914. The molecule has 2 aromatic rings. The van der Waals surface area contributed by atoms with Crippen LogP contribution in [0.1, 0.15) is 24.4 Å². The Bertz CT molecular complexity index is 900. The first-order chi connectivity index (χ1) is 12.1. The highest BCUT2D eigenvalue weighted by Crippen LogP contribution is 2.41. The third-order valence-electron chi connectivity index (χ3n) is 4.58. The smallest absolute Gasteiger partial charge is 0.245 e. The van der Waals surface area contributed by atoms with Gasteiger partial charge in [0.05, 0.1) is 11.1 Å². The van der Waals surface area contributed by atoms with E-state index in [1.807, 2.05) is 18.2 Å². The second kappa shape index (κ2) is 6.52. The number of benzene rings is 2. The van der Waals surface area contributed by atoms with Gasteiger partial charge in [-0.05, 0) is 42.7 Å². The largest absolute Gasteiger partial charge is 0.486 e. The minimum absolute atomic E-state index is 0.154. The quantitative estimate of drug-likeness (QED) is 0.817. The van der Waals surface area contributed by atoms with E-state index >= 15 is 0 Å². The van der Waals surface area contributed by atoms with Crippen LogP contribution in [-0.4, -0.2) is 32.5 Å². The fourth-order valence-corrected chi connectivity index (χ4v) is 5.59. The van der Waals surface area contributed by atoms with Crippen LogP contribution in [-0.2, 0) is 10.0 Å². The lowest BCUT2D eigenvalue weighted by atomic mass is 10.0. The molecule has 4 rings (SSSR count). The first-order valence-corrected chi connectivity index (χ1v) is 10.0. The van der Waals surface area contributed by atoms with Crippen molar-refractivity contribution >= 4 is 21.6 Å². The Kier molecular flexibility index (Phi) is 4.35. The van der Waals surface area contributed by atoms with Crippen molar-refractivity contribution in [2.24, 2.45) is 0 Å². The van der Waals surface area contributed by atoms with Crippen molar-refractivity contribution in [3.8, 4) is 11.5 Å². The highest BCUT2D eigenvalue weighted by Gasteiger charge is 2.37. The zero-order valence-corrected chi connectivity index (χ0v) is 15.1. The number of hydrogen-bond acceptors (Lipinski definition) is 4. The van der Waals surface area contributed by atoms with E-state index in [4.69, 9.17) is 21.1 Å². The second-order valence-corrected chi connectivity index (χ2v) is 8.37. The summed E-state index contributed by atoms with van der Waals surface area (Å²) in [6, 6.07) is 12.0. The molecule has 5 nitrogen and oxygen atoms in total. The third kappa shape index (κ3) is 2.99. The van der Waals surface area contributed by atoms with Crippen LogP contribution >= 0.6 is 11.6 Å². The maximum atomic E-state index is 13.1. The van der Waals surface area contributed by atoms with Gasteiger partial charge in [0, 0.05) is 6.54 Å². The van der Waals surface area contributed by atoms with E-state index in [-0.39, 0.29) is 16.0 Å². The summed E-state index contributed by atoms with van der Waals surface area (Å²) in [6.07, 6.45) is 1.58. The molecule has 0 aromatic heterocycles. The average Bonchev–Trinajstić information content (AvgIpc) is 3.12. The van der Waals surface area contributed by atoms with E-state index in [0.29, 0.717) is 31.3 Å². The van der Waals surface area contributed by atoms with Crippen molar-refractivity contribution in [2.75, 3.05) is 19.8 Å². The van der Waals surface area contributed by atoms with Gasteiger partial charge in [-0.2, -0.15) is 4.31 Å². The van der Waals surface area contributed by atoms with Gasteiger partial charge in [-0.25, -0.2) is 8.42 Å². The van der Waals surface area contributed by atoms with Crippen LogP contribution in [0.2, 0.25) is 5.02 Å². The predicted octanol–water partition coefficient (Wildman–Crippen LogP) is 3.64. The highest BCUT2D eigenvalue weighted by atomic mass is 35.5. The van der Waals surface area contributed by atoms with Crippen molar-refractivity contribution in [1.29, 1.82) is 0 Å². The van der Waals surface area contributed by atoms with E-state index in [1.165, 1.54) is 0 Å². The molecule has 0 bridgehead atoms. The van der Waals surface area contributed by atoms with Crippen LogP contribution in [0.4, 0.5) is 0 Å². The lowest BCUT2D eigenvalue weighted by Crippen LogP contribution is -2.31. The summed E-state index contributed by atoms with van der Waals surface area (Å²) in [5, 5.41) is 0.246. The van der Waals surface area contributed by atoms with E-state index in [2.05, 4.69) is 0 Å². The molecule has 0 spiro atoms. The molecule has 2 heterocycles. The third-order valence-corrected chi connectivity index (χ3v) is 6.99. The van der Waals surface area contributed by atoms with Crippen molar-refractivity contribution in [3.63, 3.8) is 0 Å². The predicted molar refractivity (Wildman–Crippen MR) is 94.8 cm³/mol. The Morgan fingerprint density at radius 3 is 2.60 bits per heavy atom. The molecule has 2 aliphatic heterocycles. The highest BCUT2D eigenvalue weighted by molar-refractivity contribution is 7.89. The molecule has 1 saturated heterocycles. The van der Waals surface area contributed by atoms with Crippen LogP contribution in [0.25, 0.3) is 0 Å². The molecular weight excluding hydrogens is 362 g/mol. The average molecular weight is 380 g/mol. The van der Waals surface area contributed by atoms with Gasteiger partial charge in [0.25, 0.3) is 0 Å². The van der Waals surface area contributed by atoms with Crippen molar-refractivity contribution in [3.05, 3.63) is 53.1 Å². The molecule has 132 valence electrons. The summed E-state index contributed by atoms with van der Waals surface area (Å²) in [6.45, 7) is 1.51. The summed E-state index contributed by atoms with van der Waals surface area (Å²) < 4.78 is 38.9.